The zero-order chi connectivity index (χ0) is 17.8. The molecule has 0 atom stereocenters. The van der Waals surface area contributed by atoms with Crippen LogP contribution in [0, 0.1) is 13.8 Å². The summed E-state index contributed by atoms with van der Waals surface area (Å²) in [6, 6.07) is 4.34. The Kier molecular flexibility index (Phi) is 5.91. The summed E-state index contributed by atoms with van der Waals surface area (Å²) >= 11 is 1.81. The van der Waals surface area contributed by atoms with E-state index in [0.29, 0.717) is 6.42 Å². The fourth-order valence-corrected chi connectivity index (χ4v) is 4.38. The number of aromatic nitrogens is 1. The third-order valence-electron chi connectivity index (χ3n) is 4.80. The molecule has 2 heterocycles. The summed E-state index contributed by atoms with van der Waals surface area (Å²) in [6.45, 7) is 12.1. The van der Waals surface area contributed by atoms with Crippen LogP contribution in [-0.2, 0) is 4.79 Å². The Bertz CT molecular complexity index is 695. The molecule has 1 aromatic carbocycles. The maximum absolute atomic E-state index is 11.5. The van der Waals surface area contributed by atoms with E-state index < -0.39 is 0 Å². The maximum Gasteiger partial charge on any atom is 0.220 e. The second kappa shape index (κ2) is 8.15. The normalized spacial score (nSPS) is 15.7. The van der Waals surface area contributed by atoms with E-state index >= 15 is 0 Å². The molecule has 25 heavy (non-hydrogen) atoms. The number of anilines is 1. The van der Waals surface area contributed by atoms with E-state index in [4.69, 9.17) is 4.98 Å². The minimum absolute atomic E-state index is 0.168. The van der Waals surface area contributed by atoms with Gasteiger partial charge < -0.3 is 10.2 Å². The molecule has 2 aromatic rings. The van der Waals surface area contributed by atoms with E-state index in [-0.39, 0.29) is 5.91 Å². The molecule has 0 saturated carbocycles. The highest BCUT2D eigenvalue weighted by atomic mass is 32.1. The van der Waals surface area contributed by atoms with Gasteiger partial charge in [0.2, 0.25) is 5.91 Å². The van der Waals surface area contributed by atoms with Crippen LogP contribution in [0.25, 0.3) is 10.2 Å². The van der Waals surface area contributed by atoms with Gasteiger partial charge in [0.1, 0.15) is 0 Å². The number of nitrogens with zero attached hydrogens (tertiary/aromatic N) is 3. The predicted octanol–water partition coefficient (Wildman–Crippen LogP) is 2.95. The second-order valence-electron chi connectivity index (χ2n) is 6.80. The number of hydrogen-bond donors (Lipinski definition) is 1. The Hall–Kier alpha value is -1.66. The molecule has 0 aliphatic carbocycles. The lowest BCUT2D eigenvalue weighted by Crippen LogP contribution is -2.48. The van der Waals surface area contributed by atoms with E-state index in [1.807, 2.05) is 18.3 Å². The van der Waals surface area contributed by atoms with Gasteiger partial charge in [-0.3, -0.25) is 9.69 Å². The van der Waals surface area contributed by atoms with Gasteiger partial charge in [0.05, 0.1) is 10.2 Å². The zero-order valence-electron chi connectivity index (χ0n) is 15.5. The number of piperazine rings is 1. The summed E-state index contributed by atoms with van der Waals surface area (Å²) in [5, 5.41) is 4.14. The Morgan fingerprint density at radius 1 is 1.20 bits per heavy atom. The predicted molar refractivity (Wildman–Crippen MR) is 106 cm³/mol. The fraction of sp³-hybridized carbons (Fsp3) is 0.579. The van der Waals surface area contributed by atoms with E-state index in [9.17, 15) is 4.79 Å². The Morgan fingerprint density at radius 3 is 2.60 bits per heavy atom. The molecule has 1 aliphatic rings. The highest BCUT2D eigenvalue weighted by Gasteiger charge is 2.20. The Morgan fingerprint density at radius 2 is 1.92 bits per heavy atom. The first-order chi connectivity index (χ1) is 12.1. The standard InChI is InChI=1S/C19H28N4OS/c1-4-5-16(24)20-8-9-22-10-12-23(13-11-22)19-21-17-14(2)6-7-15(3)18(17)25-19/h6-7H,4-5,8-13H2,1-3H3,(H,20,24). The highest BCUT2D eigenvalue weighted by molar-refractivity contribution is 7.22. The average molecular weight is 361 g/mol. The first kappa shape index (κ1) is 18.1. The quantitative estimate of drug-likeness (QED) is 0.860. The number of nitrogens with one attached hydrogen (secondary N) is 1. The van der Waals surface area contributed by atoms with Gasteiger partial charge in [-0.15, -0.1) is 0 Å². The first-order valence-electron chi connectivity index (χ1n) is 9.19. The molecular weight excluding hydrogens is 332 g/mol. The first-order valence-corrected chi connectivity index (χ1v) is 10.0. The maximum atomic E-state index is 11.5. The SMILES string of the molecule is CCCC(=O)NCCN1CCN(c2nc3c(C)ccc(C)c3s2)CC1. The van der Waals surface area contributed by atoms with E-state index in [1.165, 1.54) is 15.8 Å². The summed E-state index contributed by atoms with van der Waals surface area (Å²) in [7, 11) is 0. The lowest BCUT2D eigenvalue weighted by atomic mass is 10.1. The van der Waals surface area contributed by atoms with Crippen LogP contribution in [0.4, 0.5) is 5.13 Å². The van der Waals surface area contributed by atoms with Gasteiger partial charge in [-0.25, -0.2) is 4.98 Å². The number of amides is 1. The van der Waals surface area contributed by atoms with E-state index in [0.717, 1.165) is 56.3 Å². The molecule has 1 aromatic heterocycles. The lowest BCUT2D eigenvalue weighted by Gasteiger charge is -2.34. The molecule has 1 N–H and O–H groups in total. The molecule has 3 rings (SSSR count). The van der Waals surface area contributed by atoms with Gasteiger partial charge in [0, 0.05) is 45.7 Å². The molecule has 1 saturated heterocycles. The molecular formula is C19H28N4OS. The molecule has 5 nitrogen and oxygen atoms in total. The van der Waals surface area contributed by atoms with Crippen LogP contribution in [0.5, 0.6) is 0 Å². The van der Waals surface area contributed by atoms with Crippen molar-refractivity contribution < 1.29 is 4.79 Å². The van der Waals surface area contributed by atoms with E-state index in [1.54, 1.807) is 0 Å². The monoisotopic (exact) mass is 360 g/mol. The van der Waals surface area contributed by atoms with E-state index in [2.05, 4.69) is 41.1 Å². The van der Waals surface area contributed by atoms with Crippen molar-refractivity contribution in [3.8, 4) is 0 Å². The molecule has 0 spiro atoms. The van der Waals surface area contributed by atoms with Crippen molar-refractivity contribution in [3.05, 3.63) is 23.3 Å². The van der Waals surface area contributed by atoms with Gasteiger partial charge in [0.15, 0.2) is 5.13 Å². The number of carbonyl (C=O) groups excluding carboxylic acids is 1. The number of thiazole rings is 1. The second-order valence-corrected chi connectivity index (χ2v) is 7.78. The smallest absolute Gasteiger partial charge is 0.220 e. The van der Waals surface area contributed by atoms with Crippen molar-refractivity contribution in [1.29, 1.82) is 0 Å². The third kappa shape index (κ3) is 4.30. The van der Waals surface area contributed by atoms with Crippen molar-refractivity contribution in [2.75, 3.05) is 44.2 Å². The summed E-state index contributed by atoms with van der Waals surface area (Å²) < 4.78 is 1.32. The third-order valence-corrected chi connectivity index (χ3v) is 6.05. The molecule has 6 heteroatoms. The van der Waals surface area contributed by atoms with Gasteiger partial charge in [-0.2, -0.15) is 0 Å². The van der Waals surface area contributed by atoms with Crippen LogP contribution in [0.3, 0.4) is 0 Å². The van der Waals surface area contributed by atoms with Crippen LogP contribution < -0.4 is 10.2 Å². The zero-order valence-corrected chi connectivity index (χ0v) is 16.3. The number of aryl methyl sites for hydroxylation is 2. The number of hydrogen-bond acceptors (Lipinski definition) is 5. The van der Waals surface area contributed by atoms with Gasteiger partial charge in [-0.1, -0.05) is 30.4 Å². The summed E-state index contributed by atoms with van der Waals surface area (Å²) in [5.41, 5.74) is 3.72. The van der Waals surface area contributed by atoms with Crippen molar-refractivity contribution in [2.24, 2.45) is 0 Å². The minimum atomic E-state index is 0.168. The van der Waals surface area contributed by atoms with Crippen molar-refractivity contribution in [1.82, 2.24) is 15.2 Å². The summed E-state index contributed by atoms with van der Waals surface area (Å²) in [4.78, 5) is 21.2. The number of fused-ring (bicyclic) bond motifs is 1. The molecule has 1 fully saturated rings. The largest absolute Gasteiger partial charge is 0.355 e. The molecule has 0 unspecified atom stereocenters. The van der Waals surface area contributed by atoms with Crippen molar-refractivity contribution >= 4 is 32.6 Å². The molecule has 136 valence electrons. The highest BCUT2D eigenvalue weighted by Crippen LogP contribution is 2.33. The van der Waals surface area contributed by atoms with Gasteiger partial charge >= 0.3 is 0 Å². The number of benzene rings is 1. The minimum Gasteiger partial charge on any atom is -0.355 e. The van der Waals surface area contributed by atoms with Crippen LogP contribution in [0.2, 0.25) is 0 Å². The van der Waals surface area contributed by atoms with Gasteiger partial charge in [-0.05, 0) is 31.4 Å². The topological polar surface area (TPSA) is 48.5 Å². The van der Waals surface area contributed by atoms with Gasteiger partial charge in [0.25, 0.3) is 0 Å². The van der Waals surface area contributed by atoms with Crippen LogP contribution >= 0.6 is 11.3 Å². The molecule has 0 radical (unpaired) electrons. The number of rotatable bonds is 6. The fourth-order valence-electron chi connectivity index (χ4n) is 3.21. The molecule has 0 bridgehead atoms. The van der Waals surface area contributed by atoms with Crippen molar-refractivity contribution in [3.63, 3.8) is 0 Å². The van der Waals surface area contributed by atoms with Crippen LogP contribution in [0.15, 0.2) is 12.1 Å². The Labute approximate surface area is 154 Å². The Balaban J connectivity index is 1.53. The van der Waals surface area contributed by atoms with Crippen LogP contribution in [-0.4, -0.2) is 55.1 Å². The molecule has 1 aliphatic heterocycles. The lowest BCUT2D eigenvalue weighted by molar-refractivity contribution is -0.121. The number of carbonyl (C=O) groups is 1. The summed E-state index contributed by atoms with van der Waals surface area (Å²) in [5.74, 6) is 0.168. The van der Waals surface area contributed by atoms with Crippen LogP contribution in [0.1, 0.15) is 30.9 Å². The summed E-state index contributed by atoms with van der Waals surface area (Å²) in [6.07, 6.45) is 1.54. The average Bonchev–Trinajstić information content (AvgIpc) is 3.06. The molecule has 1 amide bonds. The van der Waals surface area contributed by atoms with Crippen molar-refractivity contribution in [2.45, 2.75) is 33.6 Å².